The van der Waals surface area contributed by atoms with Crippen LogP contribution >= 0.6 is 0 Å². The minimum Gasteiger partial charge on any atom is -0.467 e. The van der Waals surface area contributed by atoms with E-state index >= 15 is 0 Å². The van der Waals surface area contributed by atoms with E-state index in [0.717, 1.165) is 52.7 Å². The van der Waals surface area contributed by atoms with Crippen LogP contribution in [0.3, 0.4) is 0 Å². The Morgan fingerprint density at radius 3 is 2.61 bits per heavy atom. The summed E-state index contributed by atoms with van der Waals surface area (Å²) < 4.78 is 13.0. The van der Waals surface area contributed by atoms with Gasteiger partial charge in [0.05, 0.1) is 42.8 Å². The van der Waals surface area contributed by atoms with Gasteiger partial charge in [-0.05, 0) is 38.1 Å². The number of furan rings is 1. The highest BCUT2D eigenvalue weighted by atomic mass is 16.5. The van der Waals surface area contributed by atoms with Crippen molar-refractivity contribution in [1.29, 1.82) is 0 Å². The first kappa shape index (κ1) is 21.2. The van der Waals surface area contributed by atoms with Gasteiger partial charge in [-0.1, -0.05) is 29.8 Å². The van der Waals surface area contributed by atoms with Crippen LogP contribution < -0.4 is 10.2 Å². The average molecular weight is 445 g/mol. The number of morpholine rings is 1. The number of benzene rings is 1. The van der Waals surface area contributed by atoms with Crippen molar-refractivity contribution in [2.75, 3.05) is 36.5 Å². The molecule has 0 spiro atoms. The number of nitrogens with one attached hydrogen (secondary N) is 1. The summed E-state index contributed by atoms with van der Waals surface area (Å²) in [5.74, 6) is 2.23. The van der Waals surface area contributed by atoms with Gasteiger partial charge in [0, 0.05) is 19.5 Å². The zero-order chi connectivity index (χ0) is 22.8. The van der Waals surface area contributed by atoms with Crippen LogP contribution in [-0.4, -0.2) is 46.1 Å². The standard InChI is InChI=1S/C25H28N6O2/c1-17(2)15-21-22-23(30-10-13-32-14-11-30)27-25(26-16-20-5-4-12-33-20)28-24(22)31(29-21)19-8-6-18(3)7-9-19/h4-9,12H,1,10-11,13-16H2,2-3H3,(H,26,27,28). The van der Waals surface area contributed by atoms with Crippen LogP contribution in [0, 0.1) is 6.92 Å². The number of ether oxygens (including phenoxy) is 1. The van der Waals surface area contributed by atoms with Gasteiger partial charge in [0.15, 0.2) is 5.65 Å². The van der Waals surface area contributed by atoms with Gasteiger partial charge in [-0.3, -0.25) is 0 Å². The molecule has 8 nitrogen and oxygen atoms in total. The molecule has 1 saturated heterocycles. The van der Waals surface area contributed by atoms with Crippen LogP contribution in [0.5, 0.6) is 0 Å². The van der Waals surface area contributed by atoms with E-state index in [4.69, 9.17) is 24.2 Å². The summed E-state index contributed by atoms with van der Waals surface area (Å²) in [5, 5.41) is 9.27. The smallest absolute Gasteiger partial charge is 0.227 e. The summed E-state index contributed by atoms with van der Waals surface area (Å²) in [6, 6.07) is 12.1. The molecule has 170 valence electrons. The fraction of sp³-hybridized carbons (Fsp3) is 0.320. The first-order valence-corrected chi connectivity index (χ1v) is 11.2. The number of hydrogen-bond acceptors (Lipinski definition) is 7. The van der Waals surface area contributed by atoms with Crippen molar-refractivity contribution in [3.8, 4) is 5.69 Å². The van der Waals surface area contributed by atoms with Crippen molar-refractivity contribution in [3.05, 3.63) is 71.8 Å². The molecule has 4 aromatic rings. The largest absolute Gasteiger partial charge is 0.467 e. The Kier molecular flexibility index (Phi) is 5.83. The number of aromatic nitrogens is 4. The Morgan fingerprint density at radius 1 is 1.12 bits per heavy atom. The predicted molar refractivity (Wildman–Crippen MR) is 129 cm³/mol. The highest BCUT2D eigenvalue weighted by Crippen LogP contribution is 2.32. The maximum atomic E-state index is 5.59. The maximum Gasteiger partial charge on any atom is 0.227 e. The number of nitrogens with zero attached hydrogens (tertiary/aromatic N) is 5. The van der Waals surface area contributed by atoms with Crippen LogP contribution in [0.25, 0.3) is 16.7 Å². The highest BCUT2D eigenvalue weighted by molar-refractivity contribution is 5.92. The SMILES string of the molecule is C=C(C)Cc1nn(-c2ccc(C)cc2)c2nc(NCc3ccco3)nc(N3CCOCC3)c12. The van der Waals surface area contributed by atoms with Crippen molar-refractivity contribution < 1.29 is 9.15 Å². The molecule has 8 heteroatoms. The van der Waals surface area contributed by atoms with E-state index in [1.54, 1.807) is 6.26 Å². The summed E-state index contributed by atoms with van der Waals surface area (Å²) in [7, 11) is 0. The topological polar surface area (TPSA) is 81.2 Å². The van der Waals surface area contributed by atoms with Crippen molar-refractivity contribution in [2.24, 2.45) is 0 Å². The fourth-order valence-electron chi connectivity index (χ4n) is 4.00. The minimum atomic E-state index is 0.498. The molecule has 5 rings (SSSR count). The van der Waals surface area contributed by atoms with E-state index in [1.807, 2.05) is 23.7 Å². The number of rotatable bonds is 7. The molecule has 0 unspecified atom stereocenters. The van der Waals surface area contributed by atoms with Gasteiger partial charge in [-0.25, -0.2) is 4.68 Å². The van der Waals surface area contributed by atoms with Gasteiger partial charge < -0.3 is 19.4 Å². The second kappa shape index (κ2) is 9.07. The summed E-state index contributed by atoms with van der Waals surface area (Å²) in [4.78, 5) is 12.1. The van der Waals surface area contributed by atoms with Gasteiger partial charge >= 0.3 is 0 Å². The number of anilines is 2. The lowest BCUT2D eigenvalue weighted by molar-refractivity contribution is 0.122. The van der Waals surface area contributed by atoms with Gasteiger partial charge in [-0.15, -0.1) is 0 Å². The molecule has 0 aliphatic carbocycles. The van der Waals surface area contributed by atoms with Gasteiger partial charge in [0.25, 0.3) is 0 Å². The molecule has 1 fully saturated rings. The molecule has 4 heterocycles. The van der Waals surface area contributed by atoms with Crippen molar-refractivity contribution >= 4 is 22.8 Å². The summed E-state index contributed by atoms with van der Waals surface area (Å²) >= 11 is 0. The Morgan fingerprint density at radius 2 is 1.91 bits per heavy atom. The molecule has 1 aliphatic rings. The Bertz CT molecular complexity index is 1250. The summed E-state index contributed by atoms with van der Waals surface area (Å²) in [6.45, 7) is 11.6. The lowest BCUT2D eigenvalue weighted by Gasteiger charge is -2.28. The molecule has 1 N–H and O–H groups in total. The molecule has 1 aliphatic heterocycles. The Balaban J connectivity index is 1.67. The molecule has 0 atom stereocenters. The Hall–Kier alpha value is -3.65. The van der Waals surface area contributed by atoms with Crippen LogP contribution in [0.4, 0.5) is 11.8 Å². The third-order valence-corrected chi connectivity index (χ3v) is 5.64. The Labute approximate surface area is 192 Å². The van der Waals surface area contributed by atoms with Crippen molar-refractivity contribution in [2.45, 2.75) is 26.8 Å². The molecular formula is C25H28N6O2. The summed E-state index contributed by atoms with van der Waals surface area (Å²) in [6.07, 6.45) is 2.33. The number of allylic oxidation sites excluding steroid dienone is 1. The maximum absolute atomic E-state index is 5.59. The molecule has 3 aromatic heterocycles. The van der Waals surface area contributed by atoms with Gasteiger partial charge in [-0.2, -0.15) is 15.1 Å². The van der Waals surface area contributed by atoms with E-state index in [-0.39, 0.29) is 0 Å². The van der Waals surface area contributed by atoms with Gasteiger partial charge in [0.2, 0.25) is 5.95 Å². The van der Waals surface area contributed by atoms with Crippen LogP contribution in [-0.2, 0) is 17.7 Å². The average Bonchev–Trinajstić information content (AvgIpc) is 3.46. The predicted octanol–water partition coefficient (Wildman–Crippen LogP) is 4.28. The second-order valence-corrected chi connectivity index (χ2v) is 8.43. The van der Waals surface area contributed by atoms with E-state index in [2.05, 4.69) is 48.0 Å². The van der Waals surface area contributed by atoms with E-state index in [1.165, 1.54) is 5.56 Å². The lowest BCUT2D eigenvalue weighted by atomic mass is 10.1. The molecule has 0 radical (unpaired) electrons. The first-order valence-electron chi connectivity index (χ1n) is 11.2. The van der Waals surface area contributed by atoms with Crippen molar-refractivity contribution in [1.82, 2.24) is 19.7 Å². The third kappa shape index (κ3) is 4.47. The normalized spacial score (nSPS) is 14.1. The van der Waals surface area contributed by atoms with E-state index < -0.39 is 0 Å². The molecule has 0 bridgehead atoms. The van der Waals surface area contributed by atoms with Crippen molar-refractivity contribution in [3.63, 3.8) is 0 Å². The zero-order valence-corrected chi connectivity index (χ0v) is 19.0. The fourth-order valence-corrected chi connectivity index (χ4v) is 4.00. The quantitative estimate of drug-likeness (QED) is 0.426. The highest BCUT2D eigenvalue weighted by Gasteiger charge is 2.24. The van der Waals surface area contributed by atoms with Crippen LogP contribution in [0.15, 0.2) is 59.2 Å². The number of aryl methyl sites for hydroxylation is 1. The minimum absolute atomic E-state index is 0.498. The van der Waals surface area contributed by atoms with E-state index in [9.17, 15) is 0 Å². The molecular weight excluding hydrogens is 416 g/mol. The summed E-state index contributed by atoms with van der Waals surface area (Å²) in [5.41, 5.74) is 4.90. The second-order valence-electron chi connectivity index (χ2n) is 8.43. The first-order chi connectivity index (χ1) is 16.1. The zero-order valence-electron chi connectivity index (χ0n) is 19.0. The van der Waals surface area contributed by atoms with Crippen LogP contribution in [0.1, 0.15) is 23.9 Å². The van der Waals surface area contributed by atoms with E-state index in [0.29, 0.717) is 32.1 Å². The number of fused-ring (bicyclic) bond motifs is 1. The van der Waals surface area contributed by atoms with Gasteiger partial charge in [0.1, 0.15) is 11.6 Å². The monoisotopic (exact) mass is 444 g/mol. The molecule has 1 aromatic carbocycles. The molecule has 0 saturated carbocycles. The lowest BCUT2D eigenvalue weighted by Crippen LogP contribution is -2.37. The van der Waals surface area contributed by atoms with Crippen LogP contribution in [0.2, 0.25) is 0 Å². The third-order valence-electron chi connectivity index (χ3n) is 5.64. The molecule has 0 amide bonds. The number of hydrogen-bond donors (Lipinski definition) is 1. The molecule has 33 heavy (non-hydrogen) atoms.